The molecule has 4 aromatic rings. The number of sulfone groups is 1. The summed E-state index contributed by atoms with van der Waals surface area (Å²) in [4.78, 5) is 4.75. The van der Waals surface area contributed by atoms with Gasteiger partial charge in [0.15, 0.2) is 38.8 Å². The number of fused-ring (bicyclic) bond motifs is 1. The number of methoxy groups -OCH3 is 2. The van der Waals surface area contributed by atoms with E-state index in [1.807, 2.05) is 6.07 Å². The molecule has 0 saturated heterocycles. The quantitative estimate of drug-likeness (QED) is 0.257. The van der Waals surface area contributed by atoms with Crippen LogP contribution < -0.4 is 19.5 Å². The topological polar surface area (TPSA) is 107 Å². The van der Waals surface area contributed by atoms with Crippen molar-refractivity contribution in [2.24, 2.45) is 0 Å². The number of halogens is 1. The fourth-order valence-electron chi connectivity index (χ4n) is 3.53. The number of nitrogens with zero attached hydrogens (tertiary/aromatic N) is 1. The van der Waals surface area contributed by atoms with Crippen LogP contribution in [0.5, 0.6) is 17.2 Å². The molecule has 0 saturated carbocycles. The van der Waals surface area contributed by atoms with Crippen LogP contribution in [0.4, 0.5) is 5.13 Å². The third-order valence-electron chi connectivity index (χ3n) is 5.48. The fraction of sp³-hybridized carbons (Fsp3) is 0.240. The van der Waals surface area contributed by atoms with Crippen molar-refractivity contribution in [3.8, 4) is 17.2 Å². The van der Waals surface area contributed by atoms with Gasteiger partial charge in [0, 0.05) is 17.2 Å². The summed E-state index contributed by atoms with van der Waals surface area (Å²) in [6.07, 6.45) is -2.11. The van der Waals surface area contributed by atoms with Crippen molar-refractivity contribution in [2.75, 3.05) is 25.3 Å². The molecule has 190 valence electrons. The van der Waals surface area contributed by atoms with Crippen LogP contribution in [-0.4, -0.2) is 44.7 Å². The average molecular weight is 549 g/mol. The van der Waals surface area contributed by atoms with Crippen LogP contribution in [-0.2, 0) is 9.84 Å². The van der Waals surface area contributed by atoms with Crippen LogP contribution >= 0.6 is 22.9 Å². The van der Waals surface area contributed by atoms with Crippen LogP contribution in [0, 0.1) is 0 Å². The third-order valence-corrected chi connectivity index (χ3v) is 8.43. The van der Waals surface area contributed by atoms with Crippen molar-refractivity contribution in [2.45, 2.75) is 24.2 Å². The molecular weight excluding hydrogens is 524 g/mol. The van der Waals surface area contributed by atoms with Crippen molar-refractivity contribution in [1.29, 1.82) is 0 Å². The average Bonchev–Trinajstić information content (AvgIpc) is 3.28. The van der Waals surface area contributed by atoms with Crippen LogP contribution in [0.15, 0.2) is 65.6 Å². The molecule has 0 amide bonds. The first kappa shape index (κ1) is 26.0. The van der Waals surface area contributed by atoms with Crippen LogP contribution in [0.3, 0.4) is 0 Å². The van der Waals surface area contributed by atoms with E-state index < -0.39 is 22.2 Å². The summed E-state index contributed by atoms with van der Waals surface area (Å²) < 4.78 is 42.1. The minimum atomic E-state index is -3.36. The van der Waals surface area contributed by atoms with Gasteiger partial charge in [0.1, 0.15) is 5.75 Å². The first-order chi connectivity index (χ1) is 17.2. The van der Waals surface area contributed by atoms with Gasteiger partial charge in [-0.15, -0.1) is 0 Å². The molecular formula is C25H25ClN2O6S2. The summed E-state index contributed by atoms with van der Waals surface area (Å²) in [6, 6.07) is 16.6. The van der Waals surface area contributed by atoms with Gasteiger partial charge < -0.3 is 24.6 Å². The Morgan fingerprint density at radius 3 is 2.28 bits per heavy atom. The molecule has 0 aliphatic rings. The minimum Gasteiger partial charge on any atom is -0.493 e. The van der Waals surface area contributed by atoms with Crippen molar-refractivity contribution in [3.63, 3.8) is 0 Å². The second-order valence-electron chi connectivity index (χ2n) is 7.75. The maximum atomic E-state index is 12.2. The van der Waals surface area contributed by atoms with E-state index in [-0.39, 0.29) is 10.6 Å². The van der Waals surface area contributed by atoms with Gasteiger partial charge in [-0.2, -0.15) is 0 Å². The Hall–Kier alpha value is -3.05. The lowest BCUT2D eigenvalue weighted by atomic mass is 10.1. The second-order valence-corrected chi connectivity index (χ2v) is 11.5. The molecule has 0 bridgehead atoms. The molecule has 4 rings (SSSR count). The van der Waals surface area contributed by atoms with E-state index in [1.54, 1.807) is 63.6 Å². The van der Waals surface area contributed by atoms with E-state index >= 15 is 0 Å². The maximum absolute atomic E-state index is 12.2. The zero-order valence-corrected chi connectivity index (χ0v) is 22.2. The first-order valence-corrected chi connectivity index (χ1v) is 13.8. The highest BCUT2D eigenvalue weighted by Gasteiger charge is 2.26. The van der Waals surface area contributed by atoms with Gasteiger partial charge >= 0.3 is 0 Å². The zero-order chi connectivity index (χ0) is 25.9. The Balaban J connectivity index is 1.65. The van der Waals surface area contributed by atoms with Crippen molar-refractivity contribution in [3.05, 3.63) is 71.2 Å². The summed E-state index contributed by atoms with van der Waals surface area (Å²) in [5.74, 6) is 1.60. The molecule has 2 N–H and O–H groups in total. The van der Waals surface area contributed by atoms with Crippen molar-refractivity contribution in [1.82, 2.24) is 4.98 Å². The SMILES string of the molecule is CCS(=O)(=O)c1ccc(C(Oc2ccc(Cl)cc2)C(O)Nc2nc3cc(OC)c(OC)cc3s2)cc1. The van der Waals surface area contributed by atoms with Gasteiger partial charge in [-0.25, -0.2) is 13.4 Å². The Morgan fingerprint density at radius 2 is 1.67 bits per heavy atom. The van der Waals surface area contributed by atoms with E-state index in [9.17, 15) is 13.5 Å². The summed E-state index contributed by atoms with van der Waals surface area (Å²) in [6.45, 7) is 1.59. The van der Waals surface area contributed by atoms with E-state index in [0.29, 0.717) is 38.5 Å². The lowest BCUT2D eigenvalue weighted by molar-refractivity contribution is 0.0540. The smallest absolute Gasteiger partial charge is 0.185 e. The Bertz CT molecular complexity index is 1400. The predicted molar refractivity (Wildman–Crippen MR) is 141 cm³/mol. The summed E-state index contributed by atoms with van der Waals surface area (Å²) in [5.41, 5.74) is 1.25. The monoisotopic (exact) mass is 548 g/mol. The highest BCUT2D eigenvalue weighted by atomic mass is 35.5. The number of nitrogens with one attached hydrogen (secondary N) is 1. The first-order valence-electron chi connectivity index (χ1n) is 11.0. The van der Waals surface area contributed by atoms with Crippen LogP contribution in [0.25, 0.3) is 10.2 Å². The number of hydrogen-bond donors (Lipinski definition) is 2. The third kappa shape index (κ3) is 5.67. The number of ether oxygens (including phenoxy) is 3. The lowest BCUT2D eigenvalue weighted by Gasteiger charge is -2.25. The van der Waals surface area contributed by atoms with Crippen molar-refractivity contribution < 1.29 is 27.7 Å². The standard InChI is InChI=1S/C25H25ClN2O6S2/c1-4-36(30,31)18-11-5-15(6-12-18)23(34-17-9-7-16(26)8-10-17)24(29)28-25-27-19-13-20(32-2)21(33-3)14-22(19)35-25/h5-14,23-24,29H,4H2,1-3H3,(H,27,28). The number of aliphatic hydroxyl groups excluding tert-OH is 1. The molecule has 36 heavy (non-hydrogen) atoms. The summed E-state index contributed by atoms with van der Waals surface area (Å²) in [7, 11) is -0.253. The number of aliphatic hydroxyl groups is 1. The maximum Gasteiger partial charge on any atom is 0.185 e. The molecule has 0 spiro atoms. The van der Waals surface area contributed by atoms with E-state index in [0.717, 1.165) is 4.70 Å². The van der Waals surface area contributed by atoms with Gasteiger partial charge in [0.25, 0.3) is 0 Å². The number of benzene rings is 3. The fourth-order valence-corrected chi connectivity index (χ4v) is 5.44. The molecule has 0 radical (unpaired) electrons. The van der Waals surface area contributed by atoms with Gasteiger partial charge in [-0.3, -0.25) is 0 Å². The molecule has 0 aliphatic heterocycles. The van der Waals surface area contributed by atoms with E-state index in [4.69, 9.17) is 25.8 Å². The Morgan fingerprint density at radius 1 is 1.03 bits per heavy atom. The molecule has 3 aromatic carbocycles. The molecule has 2 atom stereocenters. The molecule has 8 nitrogen and oxygen atoms in total. The second kappa shape index (κ2) is 10.9. The Kier molecular flexibility index (Phi) is 7.89. The molecule has 0 fully saturated rings. The molecule has 0 aliphatic carbocycles. The van der Waals surface area contributed by atoms with Gasteiger partial charge in [-0.05, 0) is 42.0 Å². The molecule has 2 unspecified atom stereocenters. The summed E-state index contributed by atoms with van der Waals surface area (Å²) >= 11 is 7.33. The van der Waals surface area contributed by atoms with Crippen LogP contribution in [0.2, 0.25) is 5.02 Å². The lowest BCUT2D eigenvalue weighted by Crippen LogP contribution is -2.31. The number of hydrogen-bond acceptors (Lipinski definition) is 9. The normalized spacial score (nSPS) is 13.2. The van der Waals surface area contributed by atoms with Gasteiger partial charge in [0.05, 0.1) is 35.1 Å². The highest BCUT2D eigenvalue weighted by Crippen LogP contribution is 2.37. The number of aromatic nitrogens is 1. The number of anilines is 1. The van der Waals surface area contributed by atoms with Crippen molar-refractivity contribution >= 4 is 48.1 Å². The highest BCUT2D eigenvalue weighted by molar-refractivity contribution is 7.91. The summed E-state index contributed by atoms with van der Waals surface area (Å²) in [5, 5.41) is 15.2. The molecule has 1 aromatic heterocycles. The zero-order valence-electron chi connectivity index (χ0n) is 19.8. The molecule has 1 heterocycles. The number of thiazole rings is 1. The van der Waals surface area contributed by atoms with Gasteiger partial charge in [-0.1, -0.05) is 42.0 Å². The van der Waals surface area contributed by atoms with E-state index in [1.165, 1.54) is 23.5 Å². The Labute approximate surface area is 218 Å². The minimum absolute atomic E-state index is 0.00555. The number of rotatable bonds is 10. The largest absolute Gasteiger partial charge is 0.493 e. The van der Waals surface area contributed by atoms with E-state index in [2.05, 4.69) is 10.3 Å². The van der Waals surface area contributed by atoms with Crippen LogP contribution in [0.1, 0.15) is 18.6 Å². The van der Waals surface area contributed by atoms with Gasteiger partial charge in [0.2, 0.25) is 0 Å². The molecule has 11 heteroatoms. The predicted octanol–water partition coefficient (Wildman–Crippen LogP) is 5.31.